The Hall–Kier alpha value is -2.08. The summed E-state index contributed by atoms with van der Waals surface area (Å²) in [5.41, 5.74) is 0.199. The molecular formula is C18H26N2O4. The molecule has 1 saturated heterocycles. The van der Waals surface area contributed by atoms with Crippen LogP contribution in [0.5, 0.6) is 0 Å². The highest BCUT2D eigenvalue weighted by Crippen LogP contribution is 2.20. The van der Waals surface area contributed by atoms with E-state index in [2.05, 4.69) is 5.32 Å². The third-order valence-electron chi connectivity index (χ3n) is 4.32. The van der Waals surface area contributed by atoms with Crippen molar-refractivity contribution in [3.8, 4) is 0 Å². The Labute approximate surface area is 142 Å². The molecule has 2 rings (SSSR count). The summed E-state index contributed by atoms with van der Waals surface area (Å²) >= 11 is 0. The maximum atomic E-state index is 12.5. The molecule has 1 aromatic carbocycles. The first kappa shape index (κ1) is 18.3. The molecule has 6 nitrogen and oxygen atoms in total. The van der Waals surface area contributed by atoms with E-state index in [1.54, 1.807) is 11.8 Å². The predicted octanol–water partition coefficient (Wildman–Crippen LogP) is 2.02. The van der Waals surface area contributed by atoms with Crippen LogP contribution in [0.1, 0.15) is 38.2 Å². The molecule has 2 amide bonds. The van der Waals surface area contributed by atoms with E-state index >= 15 is 0 Å². The second-order valence-corrected chi connectivity index (χ2v) is 6.79. The van der Waals surface area contributed by atoms with Crippen LogP contribution in [0.25, 0.3) is 0 Å². The number of aliphatic carboxylic acids is 1. The number of benzene rings is 1. The number of carboxylic acids is 1. The lowest BCUT2D eigenvalue weighted by molar-refractivity contribution is -0.137. The van der Waals surface area contributed by atoms with Crippen molar-refractivity contribution in [1.29, 1.82) is 0 Å². The Morgan fingerprint density at radius 3 is 2.67 bits per heavy atom. The highest BCUT2D eigenvalue weighted by Gasteiger charge is 2.31. The minimum absolute atomic E-state index is 0.00942. The molecule has 2 atom stereocenters. The molecule has 1 aliphatic heterocycles. The van der Waals surface area contributed by atoms with Crippen LogP contribution in [0, 0.1) is 0 Å². The number of nitrogens with one attached hydrogen (secondary N) is 1. The zero-order valence-corrected chi connectivity index (χ0v) is 14.1. The van der Waals surface area contributed by atoms with E-state index < -0.39 is 11.6 Å². The molecule has 0 aliphatic carbocycles. The SMILES string of the molecule is CC1(O)CCCN(C(=O)NC(CCC(=O)O)Cc2ccccc2)C1. The number of rotatable bonds is 6. The van der Waals surface area contributed by atoms with Crippen LogP contribution in [-0.4, -0.2) is 51.8 Å². The third kappa shape index (κ3) is 5.85. The number of nitrogens with zero attached hydrogens (tertiary/aromatic N) is 1. The van der Waals surface area contributed by atoms with Gasteiger partial charge in [-0.05, 0) is 38.2 Å². The van der Waals surface area contributed by atoms with Gasteiger partial charge < -0.3 is 20.4 Å². The lowest BCUT2D eigenvalue weighted by atomic mass is 9.95. The van der Waals surface area contributed by atoms with Gasteiger partial charge in [0, 0.05) is 19.0 Å². The van der Waals surface area contributed by atoms with Crippen molar-refractivity contribution in [3.63, 3.8) is 0 Å². The Kier molecular flexibility index (Phi) is 6.20. The summed E-state index contributed by atoms with van der Waals surface area (Å²) < 4.78 is 0. The summed E-state index contributed by atoms with van der Waals surface area (Å²) in [6.45, 7) is 2.65. The minimum atomic E-state index is -0.872. The van der Waals surface area contributed by atoms with E-state index in [4.69, 9.17) is 5.11 Å². The number of carbonyl (C=O) groups is 2. The van der Waals surface area contributed by atoms with Gasteiger partial charge in [-0.1, -0.05) is 30.3 Å². The maximum Gasteiger partial charge on any atom is 0.317 e. The van der Waals surface area contributed by atoms with Gasteiger partial charge in [-0.2, -0.15) is 0 Å². The topological polar surface area (TPSA) is 89.9 Å². The van der Waals surface area contributed by atoms with Crippen molar-refractivity contribution < 1.29 is 19.8 Å². The van der Waals surface area contributed by atoms with E-state index in [-0.39, 0.29) is 18.5 Å². The van der Waals surface area contributed by atoms with Crippen molar-refractivity contribution in [1.82, 2.24) is 10.2 Å². The number of aliphatic hydroxyl groups is 1. The average molecular weight is 334 g/mol. The molecule has 132 valence electrons. The Balaban J connectivity index is 1.98. The molecule has 1 aliphatic rings. The highest BCUT2D eigenvalue weighted by atomic mass is 16.4. The van der Waals surface area contributed by atoms with Crippen molar-refractivity contribution in [3.05, 3.63) is 35.9 Å². The summed E-state index contributed by atoms with van der Waals surface area (Å²) in [5, 5.41) is 22.0. The molecule has 1 fully saturated rings. The molecule has 1 aromatic rings. The van der Waals surface area contributed by atoms with E-state index in [0.717, 1.165) is 12.0 Å². The average Bonchev–Trinajstić information content (AvgIpc) is 2.52. The lowest BCUT2D eigenvalue weighted by Crippen LogP contribution is -2.53. The minimum Gasteiger partial charge on any atom is -0.481 e. The lowest BCUT2D eigenvalue weighted by Gasteiger charge is -2.37. The fourth-order valence-corrected chi connectivity index (χ4v) is 3.08. The Morgan fingerprint density at radius 2 is 2.04 bits per heavy atom. The van der Waals surface area contributed by atoms with Crippen LogP contribution in [-0.2, 0) is 11.2 Å². The smallest absolute Gasteiger partial charge is 0.317 e. The summed E-state index contributed by atoms with van der Waals surface area (Å²) in [4.78, 5) is 25.0. The van der Waals surface area contributed by atoms with Crippen molar-refractivity contribution in [2.45, 2.75) is 50.7 Å². The van der Waals surface area contributed by atoms with Crippen molar-refractivity contribution >= 4 is 12.0 Å². The first-order valence-electron chi connectivity index (χ1n) is 8.39. The van der Waals surface area contributed by atoms with Crippen LogP contribution in [0.15, 0.2) is 30.3 Å². The second kappa shape index (κ2) is 8.15. The molecule has 3 N–H and O–H groups in total. The van der Waals surface area contributed by atoms with E-state index in [1.165, 1.54) is 0 Å². The number of β-amino-alcohol motifs (C(OH)–C–C–N with tert-alkyl or cyclic N) is 1. The van der Waals surface area contributed by atoms with Gasteiger partial charge in [-0.15, -0.1) is 0 Å². The normalized spacial score (nSPS) is 22.0. The van der Waals surface area contributed by atoms with Gasteiger partial charge in [0.05, 0.1) is 12.1 Å². The number of amides is 2. The number of hydrogen-bond donors (Lipinski definition) is 3. The van der Waals surface area contributed by atoms with Gasteiger partial charge in [-0.25, -0.2) is 4.79 Å². The zero-order valence-electron chi connectivity index (χ0n) is 14.1. The predicted molar refractivity (Wildman–Crippen MR) is 90.8 cm³/mol. The molecule has 0 radical (unpaired) electrons. The van der Waals surface area contributed by atoms with Crippen LogP contribution in [0.2, 0.25) is 0 Å². The van der Waals surface area contributed by atoms with E-state index in [9.17, 15) is 14.7 Å². The quantitative estimate of drug-likeness (QED) is 0.742. The molecule has 24 heavy (non-hydrogen) atoms. The summed E-state index contributed by atoms with van der Waals surface area (Å²) in [5.74, 6) is -0.872. The van der Waals surface area contributed by atoms with Crippen LogP contribution >= 0.6 is 0 Å². The second-order valence-electron chi connectivity index (χ2n) is 6.79. The molecule has 0 saturated carbocycles. The molecule has 0 aromatic heterocycles. The summed E-state index contributed by atoms with van der Waals surface area (Å²) in [6, 6.07) is 9.21. The summed E-state index contributed by atoms with van der Waals surface area (Å²) in [6.07, 6.45) is 2.42. The van der Waals surface area contributed by atoms with Gasteiger partial charge in [0.2, 0.25) is 0 Å². The Bertz CT molecular complexity index is 559. The molecule has 6 heteroatoms. The molecule has 0 bridgehead atoms. The van der Waals surface area contributed by atoms with Gasteiger partial charge in [0.15, 0.2) is 0 Å². The van der Waals surface area contributed by atoms with Crippen LogP contribution in [0.3, 0.4) is 0 Å². The maximum absolute atomic E-state index is 12.5. The van der Waals surface area contributed by atoms with Crippen molar-refractivity contribution in [2.75, 3.05) is 13.1 Å². The molecule has 1 heterocycles. The van der Waals surface area contributed by atoms with E-state index in [0.29, 0.717) is 32.4 Å². The number of hydrogen-bond acceptors (Lipinski definition) is 3. The van der Waals surface area contributed by atoms with E-state index in [1.807, 2.05) is 30.3 Å². The van der Waals surface area contributed by atoms with Crippen LogP contribution < -0.4 is 5.32 Å². The highest BCUT2D eigenvalue weighted by molar-refractivity contribution is 5.75. The first-order valence-corrected chi connectivity index (χ1v) is 8.39. The fraction of sp³-hybridized carbons (Fsp3) is 0.556. The fourth-order valence-electron chi connectivity index (χ4n) is 3.08. The molecular weight excluding hydrogens is 308 g/mol. The Morgan fingerprint density at radius 1 is 1.33 bits per heavy atom. The molecule has 0 spiro atoms. The van der Waals surface area contributed by atoms with Gasteiger partial charge in [0.1, 0.15) is 0 Å². The van der Waals surface area contributed by atoms with Gasteiger partial charge >= 0.3 is 12.0 Å². The monoisotopic (exact) mass is 334 g/mol. The first-order chi connectivity index (χ1) is 11.4. The number of urea groups is 1. The standard InChI is InChI=1S/C18H26N2O4/c1-18(24)10-5-11-20(13-18)17(23)19-15(8-9-16(21)22)12-14-6-3-2-4-7-14/h2-4,6-7,15,24H,5,8-13H2,1H3,(H,19,23)(H,21,22). The number of carbonyl (C=O) groups excluding carboxylic acids is 1. The number of carboxylic acid groups (broad SMARTS) is 1. The number of likely N-dealkylation sites (tertiary alicyclic amines) is 1. The van der Waals surface area contributed by atoms with Gasteiger partial charge in [0.25, 0.3) is 0 Å². The zero-order chi connectivity index (χ0) is 17.6. The summed E-state index contributed by atoms with van der Waals surface area (Å²) in [7, 11) is 0. The van der Waals surface area contributed by atoms with Crippen molar-refractivity contribution in [2.24, 2.45) is 0 Å². The number of piperidine rings is 1. The molecule has 2 unspecified atom stereocenters. The largest absolute Gasteiger partial charge is 0.481 e. The van der Waals surface area contributed by atoms with Gasteiger partial charge in [-0.3, -0.25) is 4.79 Å². The van der Waals surface area contributed by atoms with Crippen LogP contribution in [0.4, 0.5) is 4.79 Å². The third-order valence-corrected chi connectivity index (χ3v) is 4.32.